The van der Waals surface area contributed by atoms with Crippen molar-refractivity contribution in [3.63, 3.8) is 0 Å². The van der Waals surface area contributed by atoms with Gasteiger partial charge < -0.3 is 10.6 Å². The molecule has 0 saturated carbocycles. The third-order valence-electron chi connectivity index (χ3n) is 3.93. The number of nitrogens with one attached hydrogen (secondary N) is 2. The molecule has 0 aromatic heterocycles. The maximum atomic E-state index is 12.0. The molecule has 96 valence electrons. The number of amides is 1. The van der Waals surface area contributed by atoms with Crippen LogP contribution in [0.2, 0.25) is 5.02 Å². The summed E-state index contributed by atoms with van der Waals surface area (Å²) in [5, 5.41) is 7.05. The Morgan fingerprint density at radius 2 is 2.28 bits per heavy atom. The zero-order valence-corrected chi connectivity index (χ0v) is 11.0. The molecular formula is C14H17ClN2O. The van der Waals surface area contributed by atoms with Gasteiger partial charge in [-0.2, -0.15) is 0 Å². The minimum Gasteiger partial charge on any atom is -0.325 e. The van der Waals surface area contributed by atoms with Gasteiger partial charge in [-0.15, -0.1) is 0 Å². The molecule has 3 rings (SSSR count). The Morgan fingerprint density at radius 3 is 3.06 bits per heavy atom. The second-order valence-corrected chi connectivity index (χ2v) is 5.66. The van der Waals surface area contributed by atoms with E-state index in [0.717, 1.165) is 30.8 Å². The lowest BCUT2D eigenvalue weighted by Crippen LogP contribution is -2.31. The number of carbonyl (C=O) groups is 1. The van der Waals surface area contributed by atoms with Crippen LogP contribution in [-0.4, -0.2) is 19.0 Å². The van der Waals surface area contributed by atoms with Crippen LogP contribution >= 0.6 is 11.6 Å². The van der Waals surface area contributed by atoms with Crippen LogP contribution in [0.3, 0.4) is 0 Å². The van der Waals surface area contributed by atoms with Crippen molar-refractivity contribution in [3.8, 4) is 0 Å². The van der Waals surface area contributed by atoms with Crippen LogP contribution in [0.15, 0.2) is 18.2 Å². The number of anilines is 1. The lowest BCUT2D eigenvalue weighted by Gasteiger charge is -2.24. The smallest absolute Gasteiger partial charge is 0.232 e. The van der Waals surface area contributed by atoms with E-state index in [1.165, 1.54) is 12.8 Å². The Hall–Kier alpha value is -1.06. The van der Waals surface area contributed by atoms with Gasteiger partial charge in [-0.25, -0.2) is 0 Å². The highest BCUT2D eigenvalue weighted by Gasteiger charge is 2.32. The molecule has 1 aromatic rings. The predicted octanol–water partition coefficient (Wildman–Crippen LogP) is 2.77. The van der Waals surface area contributed by atoms with Crippen LogP contribution in [0.1, 0.15) is 30.7 Å². The van der Waals surface area contributed by atoms with Gasteiger partial charge in [0.05, 0.1) is 5.92 Å². The number of piperidine rings is 1. The van der Waals surface area contributed by atoms with Gasteiger partial charge in [-0.3, -0.25) is 4.79 Å². The fourth-order valence-corrected chi connectivity index (χ4v) is 3.17. The van der Waals surface area contributed by atoms with Gasteiger partial charge >= 0.3 is 0 Å². The van der Waals surface area contributed by atoms with Crippen molar-refractivity contribution in [2.45, 2.75) is 25.2 Å². The van der Waals surface area contributed by atoms with Crippen LogP contribution in [0.25, 0.3) is 0 Å². The van der Waals surface area contributed by atoms with Crippen LogP contribution in [0, 0.1) is 5.92 Å². The second-order valence-electron chi connectivity index (χ2n) is 5.22. The molecule has 0 spiro atoms. The summed E-state index contributed by atoms with van der Waals surface area (Å²) in [6.07, 6.45) is 3.35. The Balaban J connectivity index is 1.80. The first-order chi connectivity index (χ1) is 8.74. The third-order valence-corrected chi connectivity index (χ3v) is 4.17. The van der Waals surface area contributed by atoms with Gasteiger partial charge in [0.25, 0.3) is 0 Å². The average Bonchev–Trinajstić information content (AvgIpc) is 2.67. The second kappa shape index (κ2) is 4.90. The highest BCUT2D eigenvalue weighted by Crippen LogP contribution is 2.38. The van der Waals surface area contributed by atoms with Crippen molar-refractivity contribution in [2.75, 3.05) is 18.4 Å². The van der Waals surface area contributed by atoms with Gasteiger partial charge in [-0.1, -0.05) is 11.6 Å². The average molecular weight is 265 g/mol. The SMILES string of the molecule is O=C1Nc2ccc(Cl)cc2C1CC1CCCNC1. The van der Waals surface area contributed by atoms with E-state index >= 15 is 0 Å². The van der Waals surface area contributed by atoms with E-state index in [0.29, 0.717) is 10.9 Å². The highest BCUT2D eigenvalue weighted by atomic mass is 35.5. The number of benzene rings is 1. The molecule has 0 aliphatic carbocycles. The fraction of sp³-hybridized carbons (Fsp3) is 0.500. The van der Waals surface area contributed by atoms with Crippen molar-refractivity contribution in [1.29, 1.82) is 0 Å². The van der Waals surface area contributed by atoms with Gasteiger partial charge in [0.15, 0.2) is 0 Å². The molecule has 2 heterocycles. The molecule has 1 fully saturated rings. The molecule has 18 heavy (non-hydrogen) atoms. The first-order valence-corrected chi connectivity index (χ1v) is 6.93. The highest BCUT2D eigenvalue weighted by molar-refractivity contribution is 6.31. The standard InChI is InChI=1S/C14H17ClN2O/c15-10-3-4-13-11(7-10)12(14(18)17-13)6-9-2-1-5-16-8-9/h3-4,7,9,12,16H,1-2,5-6,8H2,(H,17,18). The third kappa shape index (κ3) is 2.25. The molecule has 1 saturated heterocycles. The summed E-state index contributed by atoms with van der Waals surface area (Å²) in [6, 6.07) is 5.65. The summed E-state index contributed by atoms with van der Waals surface area (Å²) < 4.78 is 0. The molecule has 1 aromatic carbocycles. The Labute approximate surface area is 112 Å². The van der Waals surface area contributed by atoms with Crippen LogP contribution in [0.5, 0.6) is 0 Å². The maximum Gasteiger partial charge on any atom is 0.232 e. The van der Waals surface area contributed by atoms with Crippen molar-refractivity contribution >= 4 is 23.2 Å². The molecule has 3 nitrogen and oxygen atoms in total. The maximum absolute atomic E-state index is 12.0. The molecular weight excluding hydrogens is 248 g/mol. The summed E-state index contributed by atoms with van der Waals surface area (Å²) >= 11 is 6.03. The monoisotopic (exact) mass is 264 g/mol. The molecule has 2 aliphatic rings. The van der Waals surface area contributed by atoms with E-state index in [1.807, 2.05) is 18.2 Å². The van der Waals surface area contributed by atoms with E-state index in [2.05, 4.69) is 10.6 Å². The summed E-state index contributed by atoms with van der Waals surface area (Å²) in [4.78, 5) is 12.0. The lowest BCUT2D eigenvalue weighted by molar-refractivity contribution is -0.117. The van der Waals surface area contributed by atoms with Gasteiger partial charge in [-0.05, 0) is 62.0 Å². The molecule has 0 bridgehead atoms. The first-order valence-electron chi connectivity index (χ1n) is 6.55. The molecule has 2 unspecified atom stereocenters. The molecule has 2 aliphatic heterocycles. The Kier molecular flexibility index (Phi) is 3.27. The van der Waals surface area contributed by atoms with Crippen molar-refractivity contribution < 1.29 is 4.79 Å². The zero-order valence-electron chi connectivity index (χ0n) is 10.2. The number of hydrogen-bond donors (Lipinski definition) is 2. The number of carbonyl (C=O) groups excluding carboxylic acids is 1. The molecule has 4 heteroatoms. The number of rotatable bonds is 2. The quantitative estimate of drug-likeness (QED) is 0.862. The topological polar surface area (TPSA) is 41.1 Å². The lowest BCUT2D eigenvalue weighted by atomic mass is 9.86. The molecule has 2 N–H and O–H groups in total. The van der Waals surface area contributed by atoms with Crippen molar-refractivity contribution in [1.82, 2.24) is 5.32 Å². The first kappa shape index (κ1) is 12.0. The van der Waals surface area contributed by atoms with Crippen LogP contribution in [-0.2, 0) is 4.79 Å². The van der Waals surface area contributed by atoms with Gasteiger partial charge in [0.1, 0.15) is 0 Å². The van der Waals surface area contributed by atoms with Gasteiger partial charge in [0, 0.05) is 10.7 Å². The Morgan fingerprint density at radius 1 is 1.39 bits per heavy atom. The van der Waals surface area contributed by atoms with E-state index in [-0.39, 0.29) is 11.8 Å². The van der Waals surface area contributed by atoms with Crippen LogP contribution < -0.4 is 10.6 Å². The van der Waals surface area contributed by atoms with E-state index in [9.17, 15) is 4.79 Å². The number of halogens is 1. The van der Waals surface area contributed by atoms with Crippen molar-refractivity contribution in [2.24, 2.45) is 5.92 Å². The zero-order chi connectivity index (χ0) is 12.5. The minimum atomic E-state index is -0.0244. The number of fused-ring (bicyclic) bond motifs is 1. The molecule has 1 amide bonds. The Bertz CT molecular complexity index is 469. The summed E-state index contributed by atoms with van der Waals surface area (Å²) in [5.74, 6) is 0.695. The number of hydrogen-bond acceptors (Lipinski definition) is 2. The normalized spacial score (nSPS) is 26.8. The van der Waals surface area contributed by atoms with Gasteiger partial charge in [0.2, 0.25) is 5.91 Å². The van der Waals surface area contributed by atoms with E-state index < -0.39 is 0 Å². The summed E-state index contributed by atoms with van der Waals surface area (Å²) in [5.41, 5.74) is 2.00. The van der Waals surface area contributed by atoms with Crippen molar-refractivity contribution in [3.05, 3.63) is 28.8 Å². The van der Waals surface area contributed by atoms with E-state index in [4.69, 9.17) is 11.6 Å². The summed E-state index contributed by atoms with van der Waals surface area (Å²) in [6.45, 7) is 2.13. The summed E-state index contributed by atoms with van der Waals surface area (Å²) in [7, 11) is 0. The fourth-order valence-electron chi connectivity index (χ4n) is 2.99. The molecule has 0 radical (unpaired) electrons. The van der Waals surface area contributed by atoms with Crippen LogP contribution in [0.4, 0.5) is 5.69 Å². The van der Waals surface area contributed by atoms with E-state index in [1.54, 1.807) is 0 Å². The predicted molar refractivity (Wildman–Crippen MR) is 73.0 cm³/mol. The largest absolute Gasteiger partial charge is 0.325 e. The molecule has 2 atom stereocenters. The minimum absolute atomic E-state index is 0.0244.